The van der Waals surface area contributed by atoms with Gasteiger partial charge in [-0.1, -0.05) is 89.7 Å². The van der Waals surface area contributed by atoms with Crippen molar-refractivity contribution in [1.29, 1.82) is 0 Å². The van der Waals surface area contributed by atoms with Gasteiger partial charge in [0.2, 0.25) is 0 Å². The molecule has 37 heavy (non-hydrogen) atoms. The summed E-state index contributed by atoms with van der Waals surface area (Å²) in [6.07, 6.45) is 25.0. The summed E-state index contributed by atoms with van der Waals surface area (Å²) in [7, 11) is 0. The average Bonchev–Trinajstić information content (AvgIpc) is 2.86. The molecule has 0 saturated heterocycles. The second-order valence-corrected chi connectivity index (χ2v) is 10.8. The van der Waals surface area contributed by atoms with Crippen LogP contribution in [0.15, 0.2) is 12.2 Å². The van der Waals surface area contributed by atoms with Crippen molar-refractivity contribution in [2.45, 2.75) is 155 Å². The molecule has 0 saturated carbocycles. The molecule has 7 heteroatoms. The Kier molecular flexibility index (Phi) is 20.0. The molecule has 0 amide bonds. The van der Waals surface area contributed by atoms with E-state index in [1.165, 1.54) is 97.8 Å². The number of carboxylic acids is 3. The van der Waals surface area contributed by atoms with Crippen molar-refractivity contribution in [3.05, 3.63) is 12.2 Å². The van der Waals surface area contributed by atoms with Gasteiger partial charge in [-0.2, -0.15) is 0 Å². The summed E-state index contributed by atoms with van der Waals surface area (Å²) in [5, 5.41) is 28.9. The highest BCUT2D eigenvalue weighted by Gasteiger charge is 2.52. The van der Waals surface area contributed by atoms with Gasteiger partial charge in [0.15, 0.2) is 18.1 Å². The van der Waals surface area contributed by atoms with Crippen LogP contribution in [0.5, 0.6) is 0 Å². The van der Waals surface area contributed by atoms with E-state index in [2.05, 4.69) is 19.1 Å². The molecule has 0 aliphatic rings. The minimum Gasteiger partial charge on any atom is -0.477 e. The quantitative estimate of drug-likeness (QED) is 0.0648. The van der Waals surface area contributed by atoms with Crippen LogP contribution >= 0.6 is 0 Å². The van der Waals surface area contributed by atoms with Crippen LogP contribution in [0.2, 0.25) is 0 Å². The van der Waals surface area contributed by atoms with E-state index < -0.39 is 40.5 Å². The van der Waals surface area contributed by atoms with Crippen LogP contribution in [0.4, 0.5) is 0 Å². The Hall–Kier alpha value is -1.89. The van der Waals surface area contributed by atoms with Gasteiger partial charge >= 0.3 is 17.9 Å². The fourth-order valence-electron chi connectivity index (χ4n) is 5.37. The highest BCUT2D eigenvalue weighted by atomic mass is 16.4. The number of allylic oxidation sites excluding steroid dienone is 2. The lowest BCUT2D eigenvalue weighted by atomic mass is 10.00. The highest BCUT2D eigenvalue weighted by molar-refractivity contribution is 5.77. The van der Waals surface area contributed by atoms with Gasteiger partial charge in [-0.15, -0.1) is 0 Å². The van der Waals surface area contributed by atoms with Crippen molar-refractivity contribution in [2.24, 2.45) is 0 Å². The lowest BCUT2D eigenvalue weighted by Crippen LogP contribution is -2.70. The van der Waals surface area contributed by atoms with Gasteiger partial charge in [0.05, 0.1) is 6.54 Å². The zero-order chi connectivity index (χ0) is 28.1. The molecule has 3 atom stereocenters. The van der Waals surface area contributed by atoms with Crippen LogP contribution < -0.4 is 0 Å². The molecule has 0 fully saturated rings. The van der Waals surface area contributed by atoms with E-state index >= 15 is 0 Å². The monoisotopic (exact) mass is 526 g/mol. The highest BCUT2D eigenvalue weighted by Crippen LogP contribution is 2.27. The Balaban J connectivity index is 4.20. The standard InChI is InChI=1S/C30H55NO6/c1-5-6-7-8-9-10-11-12-13-14-15-16-17-18-19-20-21-22-23-24-31(25(2)28(32)33,26(3)29(34)35)27(4)30(36)37/h18-19,25-27H,5-17,20-24H2,1-4H3,(H2-,32,33,34,35,36,37)/p+1/b19-18+. The predicted molar refractivity (Wildman–Crippen MR) is 150 cm³/mol. The number of hydrogen-bond donors (Lipinski definition) is 3. The number of quaternary nitrogens is 1. The second kappa shape index (κ2) is 21.1. The SMILES string of the molecule is CCCCCCCCCCCCCC/C=C/CCCCC[N+](C(C)C(=O)O)(C(C)C(=O)O)C(C)C(=O)O. The fourth-order valence-corrected chi connectivity index (χ4v) is 5.37. The molecule has 0 rings (SSSR count). The van der Waals surface area contributed by atoms with E-state index in [0.29, 0.717) is 6.42 Å². The molecule has 0 spiro atoms. The summed E-state index contributed by atoms with van der Waals surface area (Å²) in [4.78, 5) is 35.4. The lowest BCUT2D eigenvalue weighted by molar-refractivity contribution is -0.968. The molecule has 0 aliphatic heterocycles. The lowest BCUT2D eigenvalue weighted by Gasteiger charge is -2.47. The zero-order valence-electron chi connectivity index (χ0n) is 24.1. The molecule has 216 valence electrons. The van der Waals surface area contributed by atoms with Crippen molar-refractivity contribution >= 4 is 17.9 Å². The minimum atomic E-state index is -1.18. The minimum absolute atomic E-state index is 0.205. The third kappa shape index (κ3) is 14.0. The van der Waals surface area contributed by atoms with E-state index in [1.807, 2.05) is 0 Å². The summed E-state index contributed by atoms with van der Waals surface area (Å²) in [6.45, 7) is 6.71. The van der Waals surface area contributed by atoms with E-state index in [1.54, 1.807) is 0 Å². The van der Waals surface area contributed by atoms with E-state index in [0.717, 1.165) is 25.7 Å². The van der Waals surface area contributed by atoms with Gasteiger partial charge in [-0.25, -0.2) is 14.4 Å². The van der Waals surface area contributed by atoms with Crippen molar-refractivity contribution in [3.63, 3.8) is 0 Å². The molecule has 0 aromatic rings. The van der Waals surface area contributed by atoms with Gasteiger partial charge in [-0.3, -0.25) is 4.48 Å². The van der Waals surface area contributed by atoms with Crippen molar-refractivity contribution in [3.8, 4) is 0 Å². The molecule has 0 radical (unpaired) electrons. The van der Waals surface area contributed by atoms with Gasteiger partial charge in [0, 0.05) is 0 Å². The summed E-state index contributed by atoms with van der Waals surface area (Å²) < 4.78 is -0.491. The first-order chi connectivity index (χ1) is 17.6. The van der Waals surface area contributed by atoms with E-state index in [9.17, 15) is 29.7 Å². The Labute approximate surface area is 225 Å². The Morgan fingerprint density at radius 2 is 0.838 bits per heavy atom. The molecule has 0 aliphatic carbocycles. The Morgan fingerprint density at radius 1 is 0.541 bits per heavy atom. The van der Waals surface area contributed by atoms with Crippen LogP contribution in [-0.4, -0.2) is 62.4 Å². The van der Waals surface area contributed by atoms with Crippen LogP contribution in [0, 0.1) is 0 Å². The normalized spacial score (nSPS) is 15.8. The summed E-state index contributed by atoms with van der Waals surface area (Å²) >= 11 is 0. The second-order valence-electron chi connectivity index (χ2n) is 10.8. The van der Waals surface area contributed by atoms with Gasteiger partial charge in [0.1, 0.15) is 0 Å². The molecule has 7 nitrogen and oxygen atoms in total. The van der Waals surface area contributed by atoms with E-state index in [-0.39, 0.29) is 6.54 Å². The molecule has 3 unspecified atom stereocenters. The predicted octanol–water partition coefficient (Wildman–Crippen LogP) is 7.43. The first kappa shape index (κ1) is 35.1. The number of unbranched alkanes of at least 4 members (excludes halogenated alkanes) is 15. The van der Waals surface area contributed by atoms with Gasteiger partial charge < -0.3 is 15.3 Å². The number of hydrogen-bond acceptors (Lipinski definition) is 3. The largest absolute Gasteiger partial charge is 0.477 e. The van der Waals surface area contributed by atoms with Crippen molar-refractivity contribution < 1.29 is 34.2 Å². The topological polar surface area (TPSA) is 112 Å². The smallest absolute Gasteiger partial charge is 0.362 e. The van der Waals surface area contributed by atoms with Crippen LogP contribution in [0.25, 0.3) is 0 Å². The van der Waals surface area contributed by atoms with Crippen molar-refractivity contribution in [2.75, 3.05) is 6.54 Å². The fraction of sp³-hybridized carbons (Fsp3) is 0.833. The molecule has 0 heterocycles. The Morgan fingerprint density at radius 3 is 1.16 bits per heavy atom. The number of aliphatic carboxylic acids is 3. The van der Waals surface area contributed by atoms with Crippen LogP contribution in [0.1, 0.15) is 137 Å². The number of carboxylic acid groups (broad SMARTS) is 3. The zero-order valence-corrected chi connectivity index (χ0v) is 24.1. The molecular formula is C30H56NO6+. The summed E-state index contributed by atoms with van der Waals surface area (Å²) in [6, 6.07) is -3.40. The maximum absolute atomic E-state index is 11.8. The molecule has 0 bridgehead atoms. The van der Waals surface area contributed by atoms with Crippen LogP contribution in [0.3, 0.4) is 0 Å². The first-order valence-corrected chi connectivity index (χ1v) is 14.8. The average molecular weight is 527 g/mol. The number of nitrogens with zero attached hydrogens (tertiary/aromatic N) is 1. The summed E-state index contributed by atoms with van der Waals surface area (Å²) in [5.41, 5.74) is 0. The third-order valence-corrected chi connectivity index (χ3v) is 8.04. The Bertz CT molecular complexity index is 612. The maximum Gasteiger partial charge on any atom is 0.362 e. The van der Waals surface area contributed by atoms with Crippen LogP contribution in [-0.2, 0) is 14.4 Å². The molecular weight excluding hydrogens is 470 g/mol. The van der Waals surface area contributed by atoms with E-state index in [4.69, 9.17) is 0 Å². The molecule has 3 N–H and O–H groups in total. The molecule has 0 aromatic carbocycles. The van der Waals surface area contributed by atoms with Gasteiger partial charge in [-0.05, 0) is 59.3 Å². The number of carbonyl (C=O) groups is 3. The maximum atomic E-state index is 11.8. The number of rotatable bonds is 25. The summed E-state index contributed by atoms with van der Waals surface area (Å²) in [5.74, 6) is -3.54. The van der Waals surface area contributed by atoms with Crippen molar-refractivity contribution in [1.82, 2.24) is 0 Å². The van der Waals surface area contributed by atoms with Gasteiger partial charge in [0.25, 0.3) is 0 Å². The molecule has 0 aromatic heterocycles. The first-order valence-electron chi connectivity index (χ1n) is 14.8. The third-order valence-electron chi connectivity index (χ3n) is 8.04.